The predicted molar refractivity (Wildman–Crippen MR) is 36.4 cm³/mol. The van der Waals surface area contributed by atoms with Crippen molar-refractivity contribution < 1.29 is 9.53 Å². The van der Waals surface area contributed by atoms with Gasteiger partial charge in [-0.15, -0.1) is 0 Å². The van der Waals surface area contributed by atoms with E-state index >= 15 is 0 Å². The Bertz CT molecular complexity index is 71.3. The van der Waals surface area contributed by atoms with Crippen LogP contribution in [0.3, 0.4) is 0 Å². The van der Waals surface area contributed by atoms with Crippen LogP contribution in [0.2, 0.25) is 0 Å². The van der Waals surface area contributed by atoms with Gasteiger partial charge in [0, 0.05) is 13.0 Å². The van der Waals surface area contributed by atoms with Gasteiger partial charge in [-0.3, -0.25) is 0 Å². The van der Waals surface area contributed by atoms with Crippen LogP contribution in [0.1, 0.15) is 26.7 Å². The Morgan fingerprint density at radius 3 is 2.78 bits per heavy atom. The first kappa shape index (κ1) is 8.63. The van der Waals surface area contributed by atoms with Gasteiger partial charge in [-0.25, -0.2) is 0 Å². The molecule has 0 bridgehead atoms. The summed E-state index contributed by atoms with van der Waals surface area (Å²) in [6.45, 7) is 4.67. The lowest BCUT2D eigenvalue weighted by Gasteiger charge is -2.07. The third-order valence-electron chi connectivity index (χ3n) is 1.14. The summed E-state index contributed by atoms with van der Waals surface area (Å²) in [5.41, 5.74) is 0. The molecule has 2 heteroatoms. The van der Waals surface area contributed by atoms with Crippen LogP contribution in [0, 0.1) is 0 Å². The van der Waals surface area contributed by atoms with Gasteiger partial charge < -0.3 is 9.53 Å². The maximum Gasteiger partial charge on any atom is 0.120 e. The summed E-state index contributed by atoms with van der Waals surface area (Å²) in [4.78, 5) is 9.86. The number of hydrogen-bond acceptors (Lipinski definition) is 2. The van der Waals surface area contributed by atoms with Crippen LogP contribution in [0.4, 0.5) is 0 Å². The molecule has 0 aromatic carbocycles. The molecule has 0 aliphatic rings. The summed E-state index contributed by atoms with van der Waals surface area (Å²) in [7, 11) is 0. The SMILES string of the molecule is CCOC(C)CCC=O. The lowest BCUT2D eigenvalue weighted by atomic mass is 10.2. The summed E-state index contributed by atoms with van der Waals surface area (Å²) in [5, 5.41) is 0. The fourth-order valence-corrected chi connectivity index (χ4v) is 0.671. The second-order valence-corrected chi connectivity index (χ2v) is 2.01. The second-order valence-electron chi connectivity index (χ2n) is 2.01. The fourth-order valence-electron chi connectivity index (χ4n) is 0.671. The fraction of sp³-hybridized carbons (Fsp3) is 0.857. The monoisotopic (exact) mass is 130 g/mol. The minimum atomic E-state index is 0.236. The summed E-state index contributed by atoms with van der Waals surface area (Å²) >= 11 is 0. The largest absolute Gasteiger partial charge is 0.379 e. The summed E-state index contributed by atoms with van der Waals surface area (Å²) in [6.07, 6.45) is 2.62. The van der Waals surface area contributed by atoms with E-state index in [1.54, 1.807) is 0 Å². The standard InChI is InChI=1S/C7H14O2/c1-3-9-7(2)5-4-6-8/h6-7H,3-5H2,1-2H3. The number of rotatable bonds is 5. The molecule has 0 N–H and O–H groups in total. The Kier molecular flexibility index (Phi) is 5.52. The van der Waals surface area contributed by atoms with Gasteiger partial charge in [0.15, 0.2) is 0 Å². The zero-order chi connectivity index (χ0) is 7.11. The van der Waals surface area contributed by atoms with E-state index in [2.05, 4.69) is 0 Å². The van der Waals surface area contributed by atoms with Gasteiger partial charge in [0.1, 0.15) is 6.29 Å². The van der Waals surface area contributed by atoms with E-state index in [1.807, 2.05) is 13.8 Å². The minimum absolute atomic E-state index is 0.236. The van der Waals surface area contributed by atoms with Gasteiger partial charge in [-0.1, -0.05) is 0 Å². The molecule has 0 saturated heterocycles. The van der Waals surface area contributed by atoms with E-state index < -0.39 is 0 Å². The van der Waals surface area contributed by atoms with Crippen LogP contribution >= 0.6 is 0 Å². The Morgan fingerprint density at radius 1 is 1.67 bits per heavy atom. The van der Waals surface area contributed by atoms with Gasteiger partial charge in [0.25, 0.3) is 0 Å². The molecule has 54 valence electrons. The molecule has 0 aromatic heterocycles. The molecule has 0 amide bonds. The zero-order valence-electron chi connectivity index (χ0n) is 6.09. The van der Waals surface area contributed by atoms with Crippen LogP contribution in [-0.2, 0) is 9.53 Å². The highest BCUT2D eigenvalue weighted by Gasteiger charge is 1.97. The number of ether oxygens (including phenoxy) is 1. The first-order chi connectivity index (χ1) is 4.31. The molecule has 0 aliphatic carbocycles. The molecule has 0 fully saturated rings. The molecule has 0 rings (SSSR count). The first-order valence-corrected chi connectivity index (χ1v) is 3.36. The molecule has 0 spiro atoms. The molecule has 0 saturated carbocycles. The van der Waals surface area contributed by atoms with Crippen LogP contribution in [0.5, 0.6) is 0 Å². The van der Waals surface area contributed by atoms with E-state index in [9.17, 15) is 4.79 Å². The van der Waals surface area contributed by atoms with Gasteiger partial charge >= 0.3 is 0 Å². The maximum atomic E-state index is 9.86. The number of aldehydes is 1. The smallest absolute Gasteiger partial charge is 0.120 e. The first-order valence-electron chi connectivity index (χ1n) is 3.36. The van der Waals surface area contributed by atoms with E-state index in [0.717, 1.165) is 19.3 Å². The van der Waals surface area contributed by atoms with E-state index in [-0.39, 0.29) is 6.10 Å². The number of hydrogen-bond donors (Lipinski definition) is 0. The molecular formula is C7H14O2. The zero-order valence-corrected chi connectivity index (χ0v) is 6.09. The summed E-state index contributed by atoms with van der Waals surface area (Å²) < 4.78 is 5.18. The van der Waals surface area contributed by atoms with E-state index in [4.69, 9.17) is 4.74 Å². The van der Waals surface area contributed by atoms with Gasteiger partial charge in [-0.05, 0) is 20.3 Å². The average molecular weight is 130 g/mol. The Morgan fingerprint density at radius 2 is 2.33 bits per heavy atom. The highest BCUT2D eigenvalue weighted by atomic mass is 16.5. The van der Waals surface area contributed by atoms with Crippen molar-refractivity contribution in [3.05, 3.63) is 0 Å². The molecule has 0 aliphatic heterocycles. The average Bonchev–Trinajstić information content (AvgIpc) is 1.85. The number of carbonyl (C=O) groups is 1. The van der Waals surface area contributed by atoms with Crippen molar-refractivity contribution in [3.63, 3.8) is 0 Å². The van der Waals surface area contributed by atoms with Crippen LogP contribution in [0.15, 0.2) is 0 Å². The molecule has 1 atom stereocenters. The molecule has 1 unspecified atom stereocenters. The molecular weight excluding hydrogens is 116 g/mol. The van der Waals surface area contributed by atoms with E-state index in [1.165, 1.54) is 0 Å². The van der Waals surface area contributed by atoms with Crippen molar-refractivity contribution in [3.8, 4) is 0 Å². The molecule has 0 heterocycles. The highest BCUT2D eigenvalue weighted by Crippen LogP contribution is 1.98. The lowest BCUT2D eigenvalue weighted by molar-refractivity contribution is -0.108. The molecule has 2 nitrogen and oxygen atoms in total. The van der Waals surface area contributed by atoms with Crippen molar-refractivity contribution >= 4 is 6.29 Å². The normalized spacial score (nSPS) is 13.1. The van der Waals surface area contributed by atoms with Gasteiger partial charge in [0.05, 0.1) is 6.10 Å². The second kappa shape index (κ2) is 5.76. The Labute approximate surface area is 56.2 Å². The number of carbonyl (C=O) groups excluding carboxylic acids is 1. The molecule has 0 aromatic rings. The quantitative estimate of drug-likeness (QED) is 0.526. The van der Waals surface area contributed by atoms with Crippen molar-refractivity contribution in [2.24, 2.45) is 0 Å². The molecule has 0 radical (unpaired) electrons. The van der Waals surface area contributed by atoms with Crippen molar-refractivity contribution in [1.82, 2.24) is 0 Å². The van der Waals surface area contributed by atoms with Crippen molar-refractivity contribution in [2.75, 3.05) is 6.61 Å². The topological polar surface area (TPSA) is 26.3 Å². The predicted octanol–water partition coefficient (Wildman–Crippen LogP) is 1.39. The third kappa shape index (κ3) is 5.50. The third-order valence-corrected chi connectivity index (χ3v) is 1.14. The van der Waals surface area contributed by atoms with Crippen LogP contribution in [-0.4, -0.2) is 19.0 Å². The molecule has 9 heavy (non-hydrogen) atoms. The Balaban J connectivity index is 3.04. The summed E-state index contributed by atoms with van der Waals surface area (Å²) in [5.74, 6) is 0. The highest BCUT2D eigenvalue weighted by molar-refractivity contribution is 5.49. The van der Waals surface area contributed by atoms with Crippen LogP contribution in [0.25, 0.3) is 0 Å². The maximum absolute atomic E-state index is 9.86. The van der Waals surface area contributed by atoms with Crippen molar-refractivity contribution in [2.45, 2.75) is 32.8 Å². The van der Waals surface area contributed by atoms with Gasteiger partial charge in [0.2, 0.25) is 0 Å². The lowest BCUT2D eigenvalue weighted by Crippen LogP contribution is -2.07. The van der Waals surface area contributed by atoms with Crippen LogP contribution < -0.4 is 0 Å². The van der Waals surface area contributed by atoms with Crippen molar-refractivity contribution in [1.29, 1.82) is 0 Å². The minimum Gasteiger partial charge on any atom is -0.379 e. The van der Waals surface area contributed by atoms with E-state index in [0.29, 0.717) is 6.42 Å². The van der Waals surface area contributed by atoms with Gasteiger partial charge in [-0.2, -0.15) is 0 Å². The Hall–Kier alpha value is -0.370. The summed E-state index contributed by atoms with van der Waals surface area (Å²) in [6, 6.07) is 0.